The lowest BCUT2D eigenvalue weighted by atomic mass is 10.0. The molecule has 2 rings (SSSR count). The summed E-state index contributed by atoms with van der Waals surface area (Å²) in [7, 11) is 0. The maximum absolute atomic E-state index is 6.11. The second-order valence-corrected chi connectivity index (χ2v) is 5.03. The molecule has 0 aliphatic heterocycles. The van der Waals surface area contributed by atoms with Gasteiger partial charge in [0.1, 0.15) is 0 Å². The van der Waals surface area contributed by atoms with Crippen molar-refractivity contribution in [3.8, 4) is 0 Å². The summed E-state index contributed by atoms with van der Waals surface area (Å²) in [5.41, 5.74) is 6.21. The van der Waals surface area contributed by atoms with Gasteiger partial charge in [-0.3, -0.25) is 0 Å². The topological polar surface area (TPSA) is 12.0 Å². The second kappa shape index (κ2) is 5.45. The quantitative estimate of drug-likeness (QED) is 0.829. The van der Waals surface area contributed by atoms with Crippen LogP contribution in [0, 0.1) is 20.8 Å². The fraction of sp³-hybridized carbons (Fsp3) is 0.250. The van der Waals surface area contributed by atoms with E-state index in [1.165, 1.54) is 16.7 Å². The summed E-state index contributed by atoms with van der Waals surface area (Å²) >= 11 is 6.11. The average molecular weight is 260 g/mol. The minimum Gasteiger partial charge on any atom is -0.381 e. The van der Waals surface area contributed by atoms with Crippen molar-refractivity contribution in [1.29, 1.82) is 0 Å². The largest absolute Gasteiger partial charge is 0.381 e. The predicted molar refractivity (Wildman–Crippen MR) is 79.4 cm³/mol. The van der Waals surface area contributed by atoms with Crippen molar-refractivity contribution in [1.82, 2.24) is 0 Å². The molecule has 0 aromatic heterocycles. The van der Waals surface area contributed by atoms with Crippen molar-refractivity contribution in [3.63, 3.8) is 0 Å². The van der Waals surface area contributed by atoms with Gasteiger partial charge in [-0.15, -0.1) is 0 Å². The average Bonchev–Trinajstić information content (AvgIpc) is 2.36. The smallest absolute Gasteiger partial charge is 0.0455 e. The highest BCUT2D eigenvalue weighted by molar-refractivity contribution is 6.31. The van der Waals surface area contributed by atoms with E-state index in [0.717, 1.165) is 22.8 Å². The zero-order valence-corrected chi connectivity index (χ0v) is 11.8. The first-order valence-corrected chi connectivity index (χ1v) is 6.51. The predicted octanol–water partition coefficient (Wildman–Crippen LogP) is 4.88. The summed E-state index contributed by atoms with van der Waals surface area (Å²) in [6.07, 6.45) is 0. The van der Waals surface area contributed by atoms with Crippen molar-refractivity contribution in [2.45, 2.75) is 27.3 Å². The van der Waals surface area contributed by atoms with Gasteiger partial charge in [-0.05, 0) is 55.2 Å². The van der Waals surface area contributed by atoms with Crippen molar-refractivity contribution >= 4 is 17.3 Å². The summed E-state index contributed by atoms with van der Waals surface area (Å²) in [6, 6.07) is 12.4. The standard InChI is InChI=1S/C16H18ClN/c1-11-6-4-7-14(12(11)2)10-18-16-9-5-8-15(17)13(16)3/h4-9,18H,10H2,1-3H3. The molecule has 0 amide bonds. The molecule has 0 radical (unpaired) electrons. The first-order valence-electron chi connectivity index (χ1n) is 6.13. The number of hydrogen-bond donors (Lipinski definition) is 1. The zero-order valence-electron chi connectivity index (χ0n) is 11.0. The fourth-order valence-electron chi connectivity index (χ4n) is 1.99. The Labute approximate surface area is 114 Å². The summed E-state index contributed by atoms with van der Waals surface area (Å²) in [4.78, 5) is 0. The molecule has 0 fully saturated rings. The number of hydrogen-bond acceptors (Lipinski definition) is 1. The van der Waals surface area contributed by atoms with Crippen LogP contribution in [-0.2, 0) is 6.54 Å². The number of anilines is 1. The Morgan fingerprint density at radius 3 is 2.44 bits per heavy atom. The Hall–Kier alpha value is -1.47. The molecule has 1 N–H and O–H groups in total. The van der Waals surface area contributed by atoms with Gasteiger partial charge in [-0.25, -0.2) is 0 Å². The molecular formula is C16H18ClN. The number of aryl methyl sites for hydroxylation is 1. The minimum absolute atomic E-state index is 0.806. The van der Waals surface area contributed by atoms with Gasteiger partial charge in [0.25, 0.3) is 0 Å². The summed E-state index contributed by atoms with van der Waals surface area (Å²) in [6.45, 7) is 7.17. The van der Waals surface area contributed by atoms with Crippen LogP contribution in [0.5, 0.6) is 0 Å². The van der Waals surface area contributed by atoms with Gasteiger partial charge in [0.2, 0.25) is 0 Å². The van der Waals surface area contributed by atoms with E-state index in [1.54, 1.807) is 0 Å². The third-order valence-corrected chi connectivity index (χ3v) is 3.86. The zero-order chi connectivity index (χ0) is 13.1. The molecule has 0 aliphatic carbocycles. The van der Waals surface area contributed by atoms with E-state index in [1.807, 2.05) is 19.1 Å². The normalized spacial score (nSPS) is 10.4. The van der Waals surface area contributed by atoms with E-state index in [-0.39, 0.29) is 0 Å². The molecule has 18 heavy (non-hydrogen) atoms. The number of benzene rings is 2. The lowest BCUT2D eigenvalue weighted by Crippen LogP contribution is -2.03. The van der Waals surface area contributed by atoms with Gasteiger partial charge in [0.05, 0.1) is 0 Å². The number of halogens is 1. The Kier molecular flexibility index (Phi) is 3.93. The molecule has 94 valence electrons. The molecule has 2 heteroatoms. The Morgan fingerprint density at radius 1 is 0.944 bits per heavy atom. The Bertz CT molecular complexity index is 510. The lowest BCUT2D eigenvalue weighted by Gasteiger charge is -2.13. The molecule has 0 heterocycles. The SMILES string of the molecule is Cc1cccc(CNc2cccc(Cl)c2C)c1C. The van der Waals surface area contributed by atoms with E-state index < -0.39 is 0 Å². The lowest BCUT2D eigenvalue weighted by molar-refractivity contribution is 1.10. The monoisotopic (exact) mass is 259 g/mol. The van der Waals surface area contributed by atoms with Crippen LogP contribution in [0.4, 0.5) is 5.69 Å². The van der Waals surface area contributed by atoms with E-state index in [0.29, 0.717) is 0 Å². The highest BCUT2D eigenvalue weighted by Crippen LogP contribution is 2.24. The molecule has 0 atom stereocenters. The first kappa shape index (κ1) is 13.0. The molecule has 2 aromatic carbocycles. The van der Waals surface area contributed by atoms with Crippen LogP contribution in [-0.4, -0.2) is 0 Å². The summed E-state index contributed by atoms with van der Waals surface area (Å²) in [5.74, 6) is 0. The first-order chi connectivity index (χ1) is 8.59. The molecule has 0 bridgehead atoms. The molecular weight excluding hydrogens is 242 g/mol. The van der Waals surface area contributed by atoms with Crippen LogP contribution in [0.15, 0.2) is 36.4 Å². The molecule has 0 unspecified atom stereocenters. The van der Waals surface area contributed by atoms with E-state index in [2.05, 4.69) is 43.4 Å². The highest BCUT2D eigenvalue weighted by atomic mass is 35.5. The van der Waals surface area contributed by atoms with Crippen LogP contribution in [0.25, 0.3) is 0 Å². The van der Waals surface area contributed by atoms with Gasteiger partial charge in [-0.2, -0.15) is 0 Å². The van der Waals surface area contributed by atoms with Gasteiger partial charge in [0, 0.05) is 17.3 Å². The second-order valence-electron chi connectivity index (χ2n) is 4.62. The third-order valence-electron chi connectivity index (χ3n) is 3.45. The minimum atomic E-state index is 0.806. The van der Waals surface area contributed by atoms with Gasteiger partial charge in [0.15, 0.2) is 0 Å². The fourth-order valence-corrected chi connectivity index (χ4v) is 2.17. The van der Waals surface area contributed by atoms with Gasteiger partial charge < -0.3 is 5.32 Å². The molecule has 0 spiro atoms. The summed E-state index contributed by atoms with van der Waals surface area (Å²) < 4.78 is 0. The van der Waals surface area contributed by atoms with Crippen molar-refractivity contribution < 1.29 is 0 Å². The maximum Gasteiger partial charge on any atom is 0.0455 e. The Morgan fingerprint density at radius 2 is 1.67 bits per heavy atom. The third kappa shape index (κ3) is 2.68. The molecule has 2 aromatic rings. The van der Waals surface area contributed by atoms with E-state index in [4.69, 9.17) is 11.6 Å². The number of rotatable bonds is 3. The number of nitrogens with one attached hydrogen (secondary N) is 1. The van der Waals surface area contributed by atoms with Crippen molar-refractivity contribution in [2.75, 3.05) is 5.32 Å². The van der Waals surface area contributed by atoms with Crippen molar-refractivity contribution in [2.24, 2.45) is 0 Å². The van der Waals surface area contributed by atoms with Gasteiger partial charge >= 0.3 is 0 Å². The van der Waals surface area contributed by atoms with E-state index in [9.17, 15) is 0 Å². The van der Waals surface area contributed by atoms with Crippen LogP contribution in [0.2, 0.25) is 5.02 Å². The molecule has 0 saturated carbocycles. The Balaban J connectivity index is 2.17. The molecule has 0 aliphatic rings. The van der Waals surface area contributed by atoms with Crippen LogP contribution < -0.4 is 5.32 Å². The van der Waals surface area contributed by atoms with Crippen LogP contribution in [0.3, 0.4) is 0 Å². The van der Waals surface area contributed by atoms with Crippen LogP contribution in [0.1, 0.15) is 22.3 Å². The molecule has 0 saturated heterocycles. The maximum atomic E-state index is 6.11. The highest BCUT2D eigenvalue weighted by Gasteiger charge is 2.03. The molecule has 1 nitrogen and oxygen atoms in total. The van der Waals surface area contributed by atoms with Crippen LogP contribution >= 0.6 is 11.6 Å². The van der Waals surface area contributed by atoms with E-state index >= 15 is 0 Å². The van der Waals surface area contributed by atoms with Gasteiger partial charge in [-0.1, -0.05) is 35.9 Å². The van der Waals surface area contributed by atoms with Crippen molar-refractivity contribution in [3.05, 3.63) is 63.7 Å². The summed E-state index contributed by atoms with van der Waals surface area (Å²) in [5, 5.41) is 4.26.